The molecule has 1 heterocycles. The van der Waals surface area contributed by atoms with Gasteiger partial charge in [0.25, 0.3) is 0 Å². The Morgan fingerprint density at radius 2 is 1.95 bits per heavy atom. The van der Waals surface area contributed by atoms with Crippen LogP contribution in [0.1, 0.15) is 5.56 Å². The Balaban J connectivity index is 2.03. The molecule has 2 aromatic carbocycles. The van der Waals surface area contributed by atoms with E-state index < -0.39 is 11.6 Å². The molecule has 0 radical (unpaired) electrons. The molecule has 112 valence electrons. The molecule has 0 fully saturated rings. The summed E-state index contributed by atoms with van der Waals surface area (Å²) in [6.07, 6.45) is 1.39. The Hall–Kier alpha value is -2.89. The number of H-pyrrole nitrogens is 1. The van der Waals surface area contributed by atoms with E-state index in [0.29, 0.717) is 22.2 Å². The summed E-state index contributed by atoms with van der Waals surface area (Å²) in [4.78, 5) is 6.87. The fraction of sp³-hybridized carbons (Fsp3) is 0.0625. The van der Waals surface area contributed by atoms with Gasteiger partial charge in [0.1, 0.15) is 5.75 Å². The van der Waals surface area contributed by atoms with Crippen LogP contribution in [-0.2, 0) is 0 Å². The summed E-state index contributed by atoms with van der Waals surface area (Å²) in [6.45, 7) is 0. The van der Waals surface area contributed by atoms with E-state index in [0.717, 1.165) is 12.1 Å². The number of halogens is 2. The number of ether oxygens (including phenoxy) is 1. The predicted molar refractivity (Wildman–Crippen MR) is 80.1 cm³/mol. The molecule has 0 saturated carbocycles. The van der Waals surface area contributed by atoms with Crippen LogP contribution in [0.3, 0.4) is 0 Å². The molecule has 0 aliphatic heterocycles. The number of rotatable bonds is 3. The topological polar surface area (TPSA) is 57.6 Å². The van der Waals surface area contributed by atoms with Crippen LogP contribution in [0.15, 0.2) is 41.4 Å². The number of aromatic amines is 1. The molecular formula is C16H12F2N2O2. The number of aromatic hydroxyl groups is 1. The molecule has 6 heteroatoms. The zero-order valence-corrected chi connectivity index (χ0v) is 11.6. The van der Waals surface area contributed by atoms with Gasteiger partial charge in [0.2, 0.25) is 0 Å². The van der Waals surface area contributed by atoms with Crippen LogP contribution >= 0.6 is 0 Å². The zero-order valence-electron chi connectivity index (χ0n) is 11.6. The number of fused-ring (bicyclic) bond motifs is 1. The van der Waals surface area contributed by atoms with Gasteiger partial charge >= 0.3 is 0 Å². The number of nitrogens with zero attached hydrogens (tertiary/aromatic N) is 1. The average Bonchev–Trinajstić information content (AvgIpc) is 2.83. The number of aromatic nitrogens is 1. The first-order chi connectivity index (χ1) is 10.6. The summed E-state index contributed by atoms with van der Waals surface area (Å²) >= 11 is 0. The SMILES string of the molecule is COc1ccc2[nH]c(O)c(C=Nc3ccc(F)c(F)c3)c2c1. The third kappa shape index (κ3) is 2.50. The first-order valence-electron chi connectivity index (χ1n) is 6.46. The third-order valence-corrected chi connectivity index (χ3v) is 3.27. The zero-order chi connectivity index (χ0) is 15.7. The van der Waals surface area contributed by atoms with E-state index in [4.69, 9.17) is 4.74 Å². The molecule has 0 aliphatic carbocycles. The van der Waals surface area contributed by atoms with E-state index in [1.165, 1.54) is 12.3 Å². The summed E-state index contributed by atoms with van der Waals surface area (Å²) in [7, 11) is 1.54. The van der Waals surface area contributed by atoms with Gasteiger partial charge in [-0.2, -0.15) is 0 Å². The molecule has 1 aromatic heterocycles. The predicted octanol–water partition coefficient (Wildman–Crippen LogP) is 3.91. The van der Waals surface area contributed by atoms with E-state index in [2.05, 4.69) is 9.98 Å². The molecule has 0 aliphatic rings. The lowest BCUT2D eigenvalue weighted by Gasteiger charge is -1.99. The minimum absolute atomic E-state index is 0.0606. The largest absolute Gasteiger partial charge is 0.497 e. The lowest BCUT2D eigenvalue weighted by molar-refractivity contribution is 0.415. The summed E-state index contributed by atoms with van der Waals surface area (Å²) in [5, 5.41) is 10.7. The highest BCUT2D eigenvalue weighted by molar-refractivity contribution is 6.03. The van der Waals surface area contributed by atoms with Crippen molar-refractivity contribution in [2.24, 2.45) is 4.99 Å². The van der Waals surface area contributed by atoms with E-state index in [-0.39, 0.29) is 11.6 Å². The lowest BCUT2D eigenvalue weighted by atomic mass is 10.1. The second-order valence-corrected chi connectivity index (χ2v) is 4.66. The van der Waals surface area contributed by atoms with Crippen molar-refractivity contribution >= 4 is 22.8 Å². The molecule has 0 atom stereocenters. The van der Waals surface area contributed by atoms with Crippen LogP contribution in [0.2, 0.25) is 0 Å². The quantitative estimate of drug-likeness (QED) is 0.721. The maximum atomic E-state index is 13.2. The fourth-order valence-corrected chi connectivity index (χ4v) is 2.14. The van der Waals surface area contributed by atoms with Crippen molar-refractivity contribution in [2.45, 2.75) is 0 Å². The molecule has 22 heavy (non-hydrogen) atoms. The van der Waals surface area contributed by atoms with E-state index in [1.54, 1.807) is 25.3 Å². The molecule has 0 saturated heterocycles. The number of hydrogen-bond acceptors (Lipinski definition) is 3. The molecule has 0 bridgehead atoms. The minimum Gasteiger partial charge on any atom is -0.497 e. The monoisotopic (exact) mass is 302 g/mol. The van der Waals surface area contributed by atoms with E-state index in [1.807, 2.05) is 0 Å². The summed E-state index contributed by atoms with van der Waals surface area (Å²) in [5.74, 6) is -1.33. The maximum Gasteiger partial charge on any atom is 0.198 e. The summed E-state index contributed by atoms with van der Waals surface area (Å²) in [6, 6.07) is 8.61. The van der Waals surface area contributed by atoms with Gasteiger partial charge in [-0.15, -0.1) is 0 Å². The van der Waals surface area contributed by atoms with E-state index in [9.17, 15) is 13.9 Å². The van der Waals surface area contributed by atoms with Crippen LogP contribution in [0.25, 0.3) is 10.9 Å². The number of aliphatic imine (C=N–C) groups is 1. The van der Waals surface area contributed by atoms with Gasteiger partial charge in [0.05, 0.1) is 18.4 Å². The second kappa shape index (κ2) is 5.48. The number of nitrogens with one attached hydrogen (secondary N) is 1. The molecule has 3 aromatic rings. The Kier molecular flexibility index (Phi) is 3.50. The average molecular weight is 302 g/mol. The van der Waals surface area contributed by atoms with Crippen LogP contribution in [0.4, 0.5) is 14.5 Å². The van der Waals surface area contributed by atoms with Crippen molar-refractivity contribution in [3.05, 3.63) is 53.6 Å². The molecule has 0 spiro atoms. The van der Waals surface area contributed by atoms with Gasteiger partial charge in [-0.1, -0.05) is 0 Å². The maximum absolute atomic E-state index is 13.2. The Labute approximate surface area is 124 Å². The third-order valence-electron chi connectivity index (χ3n) is 3.27. The van der Waals surface area contributed by atoms with Gasteiger partial charge in [-0.25, -0.2) is 8.78 Å². The minimum atomic E-state index is -0.973. The van der Waals surface area contributed by atoms with Gasteiger partial charge in [0, 0.05) is 23.2 Å². The van der Waals surface area contributed by atoms with Crippen LogP contribution < -0.4 is 4.74 Å². The van der Waals surface area contributed by atoms with Gasteiger partial charge in [0.15, 0.2) is 17.5 Å². The number of methoxy groups -OCH3 is 1. The molecular weight excluding hydrogens is 290 g/mol. The lowest BCUT2D eigenvalue weighted by Crippen LogP contribution is -1.84. The number of benzene rings is 2. The Bertz CT molecular complexity index is 872. The molecule has 4 nitrogen and oxygen atoms in total. The molecule has 2 N–H and O–H groups in total. The summed E-state index contributed by atoms with van der Waals surface area (Å²) < 4.78 is 31.2. The van der Waals surface area contributed by atoms with Crippen molar-refractivity contribution in [2.75, 3.05) is 7.11 Å². The summed E-state index contributed by atoms with van der Waals surface area (Å²) in [5.41, 5.74) is 1.40. The molecule has 0 unspecified atom stereocenters. The van der Waals surface area contributed by atoms with Crippen molar-refractivity contribution in [1.29, 1.82) is 0 Å². The van der Waals surface area contributed by atoms with Gasteiger partial charge in [-0.05, 0) is 30.3 Å². The van der Waals surface area contributed by atoms with Crippen molar-refractivity contribution < 1.29 is 18.6 Å². The van der Waals surface area contributed by atoms with Crippen molar-refractivity contribution in [3.8, 4) is 11.6 Å². The van der Waals surface area contributed by atoms with Crippen LogP contribution in [0.5, 0.6) is 11.6 Å². The Morgan fingerprint density at radius 3 is 2.68 bits per heavy atom. The number of hydrogen-bond donors (Lipinski definition) is 2. The highest BCUT2D eigenvalue weighted by atomic mass is 19.2. The van der Waals surface area contributed by atoms with Crippen LogP contribution in [0, 0.1) is 11.6 Å². The molecule has 3 rings (SSSR count). The standard InChI is InChI=1S/C16H12F2N2O2/c1-22-10-3-5-15-11(7-10)12(16(21)20-15)8-19-9-2-4-13(17)14(18)6-9/h2-8,20-21H,1H3. The van der Waals surface area contributed by atoms with Crippen molar-refractivity contribution in [1.82, 2.24) is 4.98 Å². The van der Waals surface area contributed by atoms with Gasteiger partial charge in [-0.3, -0.25) is 4.99 Å². The first-order valence-corrected chi connectivity index (χ1v) is 6.46. The highest BCUT2D eigenvalue weighted by Gasteiger charge is 2.10. The fourth-order valence-electron chi connectivity index (χ4n) is 2.14. The normalized spacial score (nSPS) is 11.4. The smallest absolute Gasteiger partial charge is 0.198 e. The van der Waals surface area contributed by atoms with E-state index >= 15 is 0 Å². The second-order valence-electron chi connectivity index (χ2n) is 4.66. The van der Waals surface area contributed by atoms with Crippen molar-refractivity contribution in [3.63, 3.8) is 0 Å². The molecule has 0 amide bonds. The Morgan fingerprint density at radius 1 is 1.14 bits per heavy atom. The first kappa shape index (κ1) is 14.1. The van der Waals surface area contributed by atoms with Crippen LogP contribution in [-0.4, -0.2) is 23.4 Å². The van der Waals surface area contributed by atoms with Gasteiger partial charge < -0.3 is 14.8 Å². The highest BCUT2D eigenvalue weighted by Crippen LogP contribution is 2.29.